The quantitative estimate of drug-likeness (QED) is 0.455. The number of nitrogens with zero attached hydrogens (tertiary/aromatic N) is 1. The Hall–Kier alpha value is -3.24. The summed E-state index contributed by atoms with van der Waals surface area (Å²) >= 11 is 1.56. The molecule has 1 amide bonds. The van der Waals surface area contributed by atoms with Crippen LogP contribution in [0.5, 0.6) is 11.5 Å². The highest BCUT2D eigenvalue weighted by molar-refractivity contribution is 7.99. The number of ether oxygens (including phenoxy) is 2. The molecule has 178 valence electrons. The van der Waals surface area contributed by atoms with Gasteiger partial charge in [-0.25, -0.2) is 12.8 Å². The molecule has 3 aromatic rings. The molecule has 34 heavy (non-hydrogen) atoms. The number of para-hydroxylation sites is 1. The van der Waals surface area contributed by atoms with Gasteiger partial charge < -0.3 is 14.8 Å². The number of carbonyl (C=O) groups is 1. The minimum atomic E-state index is -4.20. The van der Waals surface area contributed by atoms with Crippen molar-refractivity contribution in [1.82, 2.24) is 0 Å². The first-order valence-electron chi connectivity index (χ1n) is 10.6. The van der Waals surface area contributed by atoms with E-state index >= 15 is 0 Å². The maximum atomic E-state index is 13.6. The Morgan fingerprint density at radius 2 is 1.74 bits per heavy atom. The molecular formula is C24H23FN2O5S2. The zero-order chi connectivity index (χ0) is 24.1. The zero-order valence-electron chi connectivity index (χ0n) is 18.4. The molecule has 7 nitrogen and oxygen atoms in total. The number of benzene rings is 3. The summed E-state index contributed by atoms with van der Waals surface area (Å²) in [6.07, 6.45) is 0. The Morgan fingerprint density at radius 1 is 1.03 bits per heavy atom. The van der Waals surface area contributed by atoms with E-state index in [9.17, 15) is 17.6 Å². The average molecular weight is 503 g/mol. The van der Waals surface area contributed by atoms with E-state index in [1.807, 2.05) is 19.1 Å². The summed E-state index contributed by atoms with van der Waals surface area (Å²) < 4.78 is 52.7. The third-order valence-electron chi connectivity index (χ3n) is 4.96. The molecule has 3 aromatic carbocycles. The van der Waals surface area contributed by atoms with Crippen LogP contribution in [0.2, 0.25) is 0 Å². The van der Waals surface area contributed by atoms with E-state index in [-0.39, 0.29) is 10.6 Å². The maximum absolute atomic E-state index is 13.6. The van der Waals surface area contributed by atoms with Crippen LogP contribution in [0.1, 0.15) is 6.92 Å². The number of hydrogen-bond donors (Lipinski definition) is 1. The van der Waals surface area contributed by atoms with Crippen molar-refractivity contribution in [2.75, 3.05) is 35.1 Å². The molecule has 0 aromatic heterocycles. The number of sulfonamides is 1. The third kappa shape index (κ3) is 5.28. The molecule has 1 N–H and O–H groups in total. The van der Waals surface area contributed by atoms with Crippen LogP contribution in [-0.4, -0.2) is 39.8 Å². The second-order valence-electron chi connectivity index (χ2n) is 7.27. The van der Waals surface area contributed by atoms with Crippen molar-refractivity contribution < 1.29 is 27.1 Å². The van der Waals surface area contributed by atoms with Crippen LogP contribution >= 0.6 is 11.8 Å². The van der Waals surface area contributed by atoms with Gasteiger partial charge in [-0.3, -0.25) is 9.10 Å². The molecule has 0 radical (unpaired) electrons. The van der Waals surface area contributed by atoms with E-state index < -0.39 is 28.3 Å². The topological polar surface area (TPSA) is 84.9 Å². The fourth-order valence-electron chi connectivity index (χ4n) is 3.41. The van der Waals surface area contributed by atoms with E-state index in [4.69, 9.17) is 9.47 Å². The van der Waals surface area contributed by atoms with Crippen molar-refractivity contribution >= 4 is 39.1 Å². The predicted octanol–water partition coefficient (Wildman–Crippen LogP) is 4.54. The SMILES string of the molecule is CCSc1ccccc1NC(=O)CN(c1ccc(F)cc1)S(=O)(=O)c1ccc2c(c1)OCCO2. The van der Waals surface area contributed by atoms with Crippen LogP contribution in [-0.2, 0) is 14.8 Å². The lowest BCUT2D eigenvalue weighted by Crippen LogP contribution is -2.38. The highest BCUT2D eigenvalue weighted by atomic mass is 32.2. The lowest BCUT2D eigenvalue weighted by Gasteiger charge is -2.25. The molecule has 0 bridgehead atoms. The molecule has 4 rings (SSSR count). The van der Waals surface area contributed by atoms with Gasteiger partial charge in [-0.05, 0) is 54.3 Å². The molecule has 0 fully saturated rings. The third-order valence-corrected chi connectivity index (χ3v) is 7.69. The lowest BCUT2D eigenvalue weighted by atomic mass is 10.3. The maximum Gasteiger partial charge on any atom is 0.264 e. The van der Waals surface area contributed by atoms with Gasteiger partial charge in [0.15, 0.2) is 11.5 Å². The number of thioether (sulfide) groups is 1. The van der Waals surface area contributed by atoms with Gasteiger partial charge in [0.1, 0.15) is 25.6 Å². The second kappa shape index (κ2) is 10.4. The smallest absolute Gasteiger partial charge is 0.264 e. The molecule has 0 unspecified atom stereocenters. The molecular weight excluding hydrogens is 479 g/mol. The number of anilines is 2. The van der Waals surface area contributed by atoms with E-state index in [2.05, 4.69) is 5.32 Å². The van der Waals surface area contributed by atoms with E-state index in [0.29, 0.717) is 30.4 Å². The van der Waals surface area contributed by atoms with E-state index in [0.717, 1.165) is 27.1 Å². The first-order chi connectivity index (χ1) is 16.4. The first kappa shape index (κ1) is 23.9. The van der Waals surface area contributed by atoms with Gasteiger partial charge in [-0.1, -0.05) is 19.1 Å². The fourth-order valence-corrected chi connectivity index (χ4v) is 5.60. The molecule has 0 atom stereocenters. The molecule has 10 heteroatoms. The van der Waals surface area contributed by atoms with Crippen molar-refractivity contribution in [2.24, 2.45) is 0 Å². The van der Waals surface area contributed by atoms with Crippen molar-refractivity contribution in [3.8, 4) is 11.5 Å². The standard InChI is InChI=1S/C24H23FN2O5S2/c1-2-33-23-6-4-3-5-20(23)26-24(28)16-27(18-9-7-17(25)8-10-18)34(29,30)19-11-12-21-22(15-19)32-14-13-31-21/h3-12,15H,2,13-14,16H2,1H3,(H,26,28). The Kier molecular flexibility index (Phi) is 7.28. The summed E-state index contributed by atoms with van der Waals surface area (Å²) in [4.78, 5) is 13.8. The highest BCUT2D eigenvalue weighted by Crippen LogP contribution is 2.34. The van der Waals surface area contributed by atoms with Crippen molar-refractivity contribution in [2.45, 2.75) is 16.7 Å². The van der Waals surface area contributed by atoms with Crippen molar-refractivity contribution in [1.29, 1.82) is 0 Å². The number of hydrogen-bond acceptors (Lipinski definition) is 6. The molecule has 0 saturated heterocycles. The number of fused-ring (bicyclic) bond motifs is 1. The highest BCUT2D eigenvalue weighted by Gasteiger charge is 2.29. The van der Waals surface area contributed by atoms with Gasteiger partial charge in [0, 0.05) is 11.0 Å². The summed E-state index contributed by atoms with van der Waals surface area (Å²) in [5.41, 5.74) is 0.748. The normalized spacial score (nSPS) is 12.8. The molecule has 1 aliphatic rings. The summed E-state index contributed by atoms with van der Waals surface area (Å²) in [6, 6.07) is 16.5. The van der Waals surface area contributed by atoms with Crippen LogP contribution in [0.4, 0.5) is 15.8 Å². The predicted molar refractivity (Wildman–Crippen MR) is 130 cm³/mol. The summed E-state index contributed by atoms with van der Waals surface area (Å²) in [7, 11) is -4.20. The Morgan fingerprint density at radius 3 is 2.47 bits per heavy atom. The summed E-state index contributed by atoms with van der Waals surface area (Å²) in [5.74, 6) is 0.514. The zero-order valence-corrected chi connectivity index (χ0v) is 20.0. The minimum absolute atomic E-state index is 0.0733. The summed E-state index contributed by atoms with van der Waals surface area (Å²) in [5, 5.41) is 2.80. The molecule has 1 heterocycles. The second-order valence-corrected chi connectivity index (χ2v) is 10.4. The van der Waals surface area contributed by atoms with Gasteiger partial charge >= 0.3 is 0 Å². The van der Waals surface area contributed by atoms with Crippen LogP contribution < -0.4 is 19.1 Å². The number of nitrogens with one attached hydrogen (secondary N) is 1. The van der Waals surface area contributed by atoms with Gasteiger partial charge in [0.25, 0.3) is 10.0 Å². The Labute approximate surface area is 201 Å². The monoisotopic (exact) mass is 502 g/mol. The van der Waals surface area contributed by atoms with Gasteiger partial charge in [0.2, 0.25) is 5.91 Å². The van der Waals surface area contributed by atoms with Gasteiger partial charge in [-0.2, -0.15) is 0 Å². The number of halogens is 1. The van der Waals surface area contributed by atoms with Crippen LogP contribution in [0, 0.1) is 5.82 Å². The van der Waals surface area contributed by atoms with Crippen molar-refractivity contribution in [3.63, 3.8) is 0 Å². The van der Waals surface area contributed by atoms with Crippen molar-refractivity contribution in [3.05, 3.63) is 72.5 Å². The molecule has 0 spiro atoms. The first-order valence-corrected chi connectivity index (χ1v) is 13.0. The van der Waals surface area contributed by atoms with Gasteiger partial charge in [-0.15, -0.1) is 11.8 Å². The number of carbonyl (C=O) groups excluding carboxylic acids is 1. The minimum Gasteiger partial charge on any atom is -0.486 e. The lowest BCUT2D eigenvalue weighted by molar-refractivity contribution is -0.114. The van der Waals surface area contributed by atoms with Gasteiger partial charge in [0.05, 0.1) is 16.3 Å². The average Bonchev–Trinajstić information content (AvgIpc) is 2.84. The van der Waals surface area contributed by atoms with Crippen LogP contribution in [0.3, 0.4) is 0 Å². The largest absolute Gasteiger partial charge is 0.486 e. The summed E-state index contributed by atoms with van der Waals surface area (Å²) in [6.45, 7) is 2.17. The molecule has 0 saturated carbocycles. The van der Waals surface area contributed by atoms with E-state index in [1.165, 1.54) is 30.3 Å². The van der Waals surface area contributed by atoms with Crippen LogP contribution in [0.15, 0.2) is 76.5 Å². The Balaban J connectivity index is 1.66. The fraction of sp³-hybridized carbons (Fsp3) is 0.208. The Bertz CT molecular complexity index is 1280. The molecule has 1 aliphatic heterocycles. The number of amides is 1. The number of rotatable bonds is 8. The van der Waals surface area contributed by atoms with E-state index in [1.54, 1.807) is 23.9 Å². The molecule has 0 aliphatic carbocycles. The van der Waals surface area contributed by atoms with Crippen LogP contribution in [0.25, 0.3) is 0 Å².